The fourth-order valence-corrected chi connectivity index (χ4v) is 1.34. The minimum Gasteiger partial charge on any atom is -0.366 e. The molecule has 1 N–H and O–H groups in total. The van der Waals surface area contributed by atoms with Gasteiger partial charge in [0.15, 0.2) is 5.11 Å². The molecule has 5 heteroatoms. The Balaban J connectivity index is 2.60. The van der Waals surface area contributed by atoms with Crippen LogP contribution in [0, 0.1) is 0 Å². The van der Waals surface area contributed by atoms with Crippen LogP contribution < -0.4 is 5.32 Å². The van der Waals surface area contributed by atoms with Crippen molar-refractivity contribution in [1.29, 1.82) is 0 Å². The SMILES string of the molecule is CNC(=S)N(C)Cc1ccc(Br)nc1. The molecule has 0 radical (unpaired) electrons. The third-order valence-electron chi connectivity index (χ3n) is 1.77. The molecule has 1 rings (SSSR count). The summed E-state index contributed by atoms with van der Waals surface area (Å²) < 4.78 is 0.847. The number of hydrogen-bond acceptors (Lipinski definition) is 2. The molecular formula is C9H12BrN3S. The van der Waals surface area contributed by atoms with E-state index < -0.39 is 0 Å². The number of thiocarbonyl (C=S) groups is 1. The van der Waals surface area contributed by atoms with Crippen LogP contribution in [0.25, 0.3) is 0 Å². The summed E-state index contributed by atoms with van der Waals surface area (Å²) in [5.41, 5.74) is 1.13. The van der Waals surface area contributed by atoms with Crippen molar-refractivity contribution in [1.82, 2.24) is 15.2 Å². The predicted molar refractivity (Wildman–Crippen MR) is 65.1 cm³/mol. The monoisotopic (exact) mass is 273 g/mol. The van der Waals surface area contributed by atoms with Crippen molar-refractivity contribution < 1.29 is 0 Å². The van der Waals surface area contributed by atoms with Gasteiger partial charge in [-0.25, -0.2) is 4.98 Å². The van der Waals surface area contributed by atoms with Gasteiger partial charge in [0, 0.05) is 26.8 Å². The van der Waals surface area contributed by atoms with Gasteiger partial charge in [-0.05, 0) is 39.8 Å². The molecule has 3 nitrogen and oxygen atoms in total. The van der Waals surface area contributed by atoms with Crippen molar-refractivity contribution >= 4 is 33.3 Å². The van der Waals surface area contributed by atoms with Gasteiger partial charge in [0.25, 0.3) is 0 Å². The zero-order chi connectivity index (χ0) is 10.6. The maximum absolute atomic E-state index is 5.09. The number of aromatic nitrogens is 1. The molecule has 1 aromatic heterocycles. The van der Waals surface area contributed by atoms with E-state index in [1.54, 1.807) is 0 Å². The summed E-state index contributed by atoms with van der Waals surface area (Å²) >= 11 is 8.38. The van der Waals surface area contributed by atoms with E-state index in [9.17, 15) is 0 Å². The van der Waals surface area contributed by atoms with Gasteiger partial charge in [0.2, 0.25) is 0 Å². The standard InChI is InChI=1S/C9H12BrN3S/c1-11-9(14)13(2)6-7-3-4-8(10)12-5-7/h3-5H,6H2,1-2H3,(H,11,14). The third-order valence-corrected chi connectivity index (χ3v) is 2.75. The highest BCUT2D eigenvalue weighted by molar-refractivity contribution is 9.10. The second-order valence-electron chi connectivity index (χ2n) is 2.90. The van der Waals surface area contributed by atoms with Crippen LogP contribution in [0.2, 0.25) is 0 Å². The van der Waals surface area contributed by atoms with Gasteiger partial charge in [-0.15, -0.1) is 0 Å². The van der Waals surface area contributed by atoms with E-state index in [2.05, 4.69) is 26.2 Å². The number of nitrogens with zero attached hydrogens (tertiary/aromatic N) is 2. The van der Waals surface area contributed by atoms with E-state index in [0.717, 1.165) is 21.8 Å². The smallest absolute Gasteiger partial charge is 0.168 e. The average molecular weight is 274 g/mol. The summed E-state index contributed by atoms with van der Waals surface area (Å²) in [4.78, 5) is 6.10. The molecular weight excluding hydrogens is 262 g/mol. The molecule has 0 saturated carbocycles. The van der Waals surface area contributed by atoms with Crippen molar-refractivity contribution in [2.75, 3.05) is 14.1 Å². The molecule has 0 saturated heterocycles. The summed E-state index contributed by atoms with van der Waals surface area (Å²) in [7, 11) is 3.76. The zero-order valence-electron chi connectivity index (χ0n) is 8.12. The Morgan fingerprint density at radius 1 is 1.64 bits per heavy atom. The Kier molecular flexibility index (Phi) is 4.28. The first-order chi connectivity index (χ1) is 6.63. The minimum atomic E-state index is 0.730. The third kappa shape index (κ3) is 3.23. The fraction of sp³-hybridized carbons (Fsp3) is 0.333. The molecule has 0 amide bonds. The molecule has 0 aliphatic carbocycles. The van der Waals surface area contributed by atoms with Gasteiger partial charge in [0.05, 0.1) is 0 Å². The van der Waals surface area contributed by atoms with Gasteiger partial charge in [0.1, 0.15) is 4.60 Å². The molecule has 0 aliphatic heterocycles. The van der Waals surface area contributed by atoms with Crippen LogP contribution in [0.1, 0.15) is 5.56 Å². The summed E-state index contributed by atoms with van der Waals surface area (Å²) in [6, 6.07) is 3.94. The molecule has 0 aliphatic rings. The normalized spacial score (nSPS) is 9.64. The molecule has 0 bridgehead atoms. The highest BCUT2D eigenvalue weighted by Gasteiger charge is 2.02. The molecule has 0 unspecified atom stereocenters. The van der Waals surface area contributed by atoms with E-state index in [1.807, 2.05) is 37.3 Å². The van der Waals surface area contributed by atoms with Gasteiger partial charge in [-0.3, -0.25) is 0 Å². The minimum absolute atomic E-state index is 0.730. The lowest BCUT2D eigenvalue weighted by atomic mass is 10.3. The first kappa shape index (κ1) is 11.4. The predicted octanol–water partition coefficient (Wildman–Crippen LogP) is 1.78. The molecule has 1 aromatic rings. The van der Waals surface area contributed by atoms with E-state index in [1.165, 1.54) is 0 Å². The number of rotatable bonds is 2. The largest absolute Gasteiger partial charge is 0.366 e. The Morgan fingerprint density at radius 3 is 2.86 bits per heavy atom. The quantitative estimate of drug-likeness (QED) is 0.657. The van der Waals surface area contributed by atoms with Crippen LogP contribution >= 0.6 is 28.1 Å². The molecule has 76 valence electrons. The molecule has 0 fully saturated rings. The zero-order valence-corrected chi connectivity index (χ0v) is 10.5. The van der Waals surface area contributed by atoms with E-state index in [4.69, 9.17) is 12.2 Å². The summed E-state index contributed by atoms with van der Waals surface area (Å²) in [6.45, 7) is 0.764. The maximum Gasteiger partial charge on any atom is 0.168 e. The first-order valence-electron chi connectivity index (χ1n) is 4.16. The Labute approximate surface area is 97.6 Å². The number of halogens is 1. The average Bonchev–Trinajstić information content (AvgIpc) is 2.20. The Morgan fingerprint density at radius 2 is 2.36 bits per heavy atom. The van der Waals surface area contributed by atoms with Crippen LogP contribution in [0.5, 0.6) is 0 Å². The van der Waals surface area contributed by atoms with Crippen LogP contribution in [0.4, 0.5) is 0 Å². The summed E-state index contributed by atoms with van der Waals surface area (Å²) in [5.74, 6) is 0. The van der Waals surface area contributed by atoms with Gasteiger partial charge in [-0.1, -0.05) is 6.07 Å². The van der Waals surface area contributed by atoms with Crippen molar-refractivity contribution in [2.45, 2.75) is 6.54 Å². The lowest BCUT2D eigenvalue weighted by Gasteiger charge is -2.19. The lowest BCUT2D eigenvalue weighted by Crippen LogP contribution is -2.34. The van der Waals surface area contributed by atoms with Crippen molar-refractivity contribution in [3.05, 3.63) is 28.5 Å². The topological polar surface area (TPSA) is 28.2 Å². The lowest BCUT2D eigenvalue weighted by molar-refractivity contribution is 0.494. The number of hydrogen-bond donors (Lipinski definition) is 1. The van der Waals surface area contributed by atoms with E-state index in [-0.39, 0.29) is 0 Å². The second kappa shape index (κ2) is 5.26. The molecule has 0 spiro atoms. The van der Waals surface area contributed by atoms with Crippen LogP contribution in [0.3, 0.4) is 0 Å². The second-order valence-corrected chi connectivity index (χ2v) is 4.10. The molecule has 0 atom stereocenters. The van der Waals surface area contributed by atoms with E-state index in [0.29, 0.717) is 0 Å². The van der Waals surface area contributed by atoms with Crippen molar-refractivity contribution in [2.24, 2.45) is 0 Å². The van der Waals surface area contributed by atoms with Gasteiger partial charge < -0.3 is 10.2 Å². The highest BCUT2D eigenvalue weighted by atomic mass is 79.9. The van der Waals surface area contributed by atoms with Crippen LogP contribution in [0.15, 0.2) is 22.9 Å². The molecule has 14 heavy (non-hydrogen) atoms. The van der Waals surface area contributed by atoms with Crippen molar-refractivity contribution in [3.8, 4) is 0 Å². The molecule has 0 aromatic carbocycles. The summed E-state index contributed by atoms with van der Waals surface area (Å²) in [6.07, 6.45) is 1.83. The van der Waals surface area contributed by atoms with Crippen molar-refractivity contribution in [3.63, 3.8) is 0 Å². The molecule has 1 heterocycles. The Hall–Kier alpha value is -0.680. The highest BCUT2D eigenvalue weighted by Crippen LogP contribution is 2.07. The van der Waals surface area contributed by atoms with Crippen LogP contribution in [-0.2, 0) is 6.54 Å². The van der Waals surface area contributed by atoms with Gasteiger partial charge in [-0.2, -0.15) is 0 Å². The fourth-order valence-electron chi connectivity index (χ4n) is 1.04. The maximum atomic E-state index is 5.09. The van der Waals surface area contributed by atoms with Crippen LogP contribution in [-0.4, -0.2) is 29.1 Å². The first-order valence-corrected chi connectivity index (χ1v) is 5.37. The Bertz CT molecular complexity index is 312. The van der Waals surface area contributed by atoms with Gasteiger partial charge >= 0.3 is 0 Å². The number of nitrogens with one attached hydrogen (secondary N) is 1. The van der Waals surface area contributed by atoms with E-state index >= 15 is 0 Å². The summed E-state index contributed by atoms with van der Waals surface area (Å²) in [5, 5.41) is 3.65. The number of pyridine rings is 1.